The van der Waals surface area contributed by atoms with Crippen LogP contribution in [0.15, 0.2) is 42.5 Å². The van der Waals surface area contributed by atoms with Gasteiger partial charge in [0, 0.05) is 16.5 Å². The highest BCUT2D eigenvalue weighted by Crippen LogP contribution is 2.37. The van der Waals surface area contributed by atoms with Crippen LogP contribution in [0, 0.1) is 0 Å². The topological polar surface area (TPSA) is 71.5 Å². The summed E-state index contributed by atoms with van der Waals surface area (Å²) in [5.74, 6) is 0.686. The summed E-state index contributed by atoms with van der Waals surface area (Å²) in [5.41, 5.74) is 3.32. The first-order chi connectivity index (χ1) is 14.2. The highest BCUT2D eigenvalue weighted by molar-refractivity contribution is 5.95. The van der Waals surface area contributed by atoms with Gasteiger partial charge >= 0.3 is 5.97 Å². The van der Waals surface area contributed by atoms with Crippen molar-refractivity contribution in [1.82, 2.24) is 4.98 Å². The molecule has 2 N–H and O–H groups in total. The molecule has 1 fully saturated rings. The molecule has 152 valence electrons. The fraction of sp³-hybridized carbons (Fsp3) is 0.375. The zero-order chi connectivity index (χ0) is 20.2. The van der Waals surface area contributed by atoms with Crippen molar-refractivity contribution >= 4 is 16.9 Å². The molecule has 0 amide bonds. The van der Waals surface area contributed by atoms with Crippen LogP contribution in [0.4, 0.5) is 0 Å². The zero-order valence-corrected chi connectivity index (χ0v) is 16.7. The number of fused-ring (bicyclic) bond motifs is 1. The van der Waals surface area contributed by atoms with Crippen LogP contribution in [-0.4, -0.2) is 28.8 Å². The van der Waals surface area contributed by atoms with E-state index in [1.165, 1.54) is 19.3 Å². The molecule has 0 bridgehead atoms. The molecule has 0 atom stereocenters. The van der Waals surface area contributed by atoms with Crippen LogP contribution in [0.5, 0.6) is 11.5 Å². The second-order valence-electron chi connectivity index (χ2n) is 7.56. The maximum absolute atomic E-state index is 11.6. The van der Waals surface area contributed by atoms with E-state index in [2.05, 4.69) is 4.98 Å². The lowest BCUT2D eigenvalue weighted by molar-refractivity contribution is -0.136. The molecule has 0 radical (unpaired) electrons. The van der Waals surface area contributed by atoms with Crippen molar-refractivity contribution in [1.29, 1.82) is 0 Å². The van der Waals surface area contributed by atoms with E-state index in [1.807, 2.05) is 49.4 Å². The number of aromatic amines is 1. The molecule has 2 aromatic carbocycles. The number of carboxylic acid groups (broad SMARTS) is 1. The predicted octanol–water partition coefficient (Wildman–Crippen LogP) is 5.57. The zero-order valence-electron chi connectivity index (χ0n) is 16.7. The van der Waals surface area contributed by atoms with Crippen molar-refractivity contribution in [3.05, 3.63) is 48.0 Å². The number of nitrogens with one attached hydrogen (secondary N) is 1. The molecule has 1 saturated carbocycles. The van der Waals surface area contributed by atoms with Crippen LogP contribution < -0.4 is 9.47 Å². The predicted molar refractivity (Wildman–Crippen MR) is 114 cm³/mol. The maximum atomic E-state index is 11.6. The first kappa shape index (κ1) is 19.4. The number of ether oxygens (including phenoxy) is 2. The molecule has 29 heavy (non-hydrogen) atoms. The summed E-state index contributed by atoms with van der Waals surface area (Å²) in [5, 5.41) is 10.4. The third-order valence-corrected chi connectivity index (χ3v) is 5.52. The molecule has 1 aromatic heterocycles. The van der Waals surface area contributed by atoms with E-state index in [0.717, 1.165) is 52.1 Å². The first-order valence-electron chi connectivity index (χ1n) is 10.4. The highest BCUT2D eigenvalue weighted by Gasteiger charge is 2.20. The monoisotopic (exact) mass is 393 g/mol. The molecule has 3 aromatic rings. The van der Waals surface area contributed by atoms with Crippen molar-refractivity contribution in [2.45, 2.75) is 51.6 Å². The highest BCUT2D eigenvalue weighted by atomic mass is 16.5. The molecule has 1 heterocycles. The van der Waals surface area contributed by atoms with Gasteiger partial charge in [-0.1, -0.05) is 18.6 Å². The third-order valence-electron chi connectivity index (χ3n) is 5.52. The molecule has 5 heteroatoms. The van der Waals surface area contributed by atoms with Crippen molar-refractivity contribution < 1.29 is 19.4 Å². The summed E-state index contributed by atoms with van der Waals surface area (Å²) in [7, 11) is 0. The van der Waals surface area contributed by atoms with Crippen LogP contribution in [0.2, 0.25) is 0 Å². The Balaban J connectivity index is 1.77. The molecule has 0 saturated heterocycles. The summed E-state index contributed by atoms with van der Waals surface area (Å²) in [6.07, 6.45) is 6.05. The van der Waals surface area contributed by atoms with Crippen molar-refractivity contribution in [3.8, 4) is 22.8 Å². The summed E-state index contributed by atoms with van der Waals surface area (Å²) >= 11 is 0. The fourth-order valence-corrected chi connectivity index (χ4v) is 4.19. The Morgan fingerprint density at radius 2 is 1.93 bits per heavy atom. The molecule has 1 aliphatic rings. The molecule has 4 rings (SSSR count). The van der Waals surface area contributed by atoms with Gasteiger partial charge in [-0.3, -0.25) is 4.79 Å². The number of hydrogen-bond acceptors (Lipinski definition) is 3. The smallest absolute Gasteiger partial charge is 0.307 e. The SMILES string of the molecule is CCOc1ccccc1-c1[nH]c2ccc(OC3CCCCC3)cc2c1CC(=O)O. The Morgan fingerprint density at radius 3 is 2.69 bits per heavy atom. The Bertz CT molecular complexity index is 1000. The largest absolute Gasteiger partial charge is 0.493 e. The van der Waals surface area contributed by atoms with Crippen LogP contribution >= 0.6 is 0 Å². The number of aliphatic carboxylic acids is 1. The number of benzene rings is 2. The number of para-hydroxylation sites is 1. The van der Waals surface area contributed by atoms with Gasteiger partial charge in [0.15, 0.2) is 0 Å². The summed E-state index contributed by atoms with van der Waals surface area (Å²) in [6.45, 7) is 2.49. The van der Waals surface area contributed by atoms with Gasteiger partial charge in [-0.25, -0.2) is 0 Å². The number of carboxylic acids is 1. The molecule has 5 nitrogen and oxygen atoms in total. The number of carbonyl (C=O) groups is 1. The van der Waals surface area contributed by atoms with Gasteiger partial charge < -0.3 is 19.6 Å². The number of hydrogen-bond donors (Lipinski definition) is 2. The molecule has 0 aliphatic heterocycles. The van der Waals surface area contributed by atoms with Gasteiger partial charge in [0.05, 0.1) is 24.8 Å². The fourth-order valence-electron chi connectivity index (χ4n) is 4.19. The molecular weight excluding hydrogens is 366 g/mol. The molecular formula is C24H27NO4. The molecule has 0 unspecified atom stereocenters. The van der Waals surface area contributed by atoms with E-state index in [-0.39, 0.29) is 12.5 Å². The third kappa shape index (κ3) is 4.24. The van der Waals surface area contributed by atoms with Gasteiger partial charge in [-0.05, 0) is 68.5 Å². The van der Waals surface area contributed by atoms with Crippen LogP contribution in [0.25, 0.3) is 22.2 Å². The summed E-state index contributed by atoms with van der Waals surface area (Å²) < 4.78 is 12.0. The van der Waals surface area contributed by atoms with Crippen LogP contribution in [-0.2, 0) is 11.2 Å². The van der Waals surface area contributed by atoms with Crippen molar-refractivity contribution in [2.75, 3.05) is 6.61 Å². The second-order valence-corrected chi connectivity index (χ2v) is 7.56. The first-order valence-corrected chi connectivity index (χ1v) is 10.4. The van der Waals surface area contributed by atoms with Gasteiger partial charge in [0.25, 0.3) is 0 Å². The van der Waals surface area contributed by atoms with Gasteiger partial charge in [-0.2, -0.15) is 0 Å². The minimum Gasteiger partial charge on any atom is -0.493 e. The number of aromatic nitrogens is 1. The molecule has 0 spiro atoms. The van der Waals surface area contributed by atoms with Crippen molar-refractivity contribution in [3.63, 3.8) is 0 Å². The normalized spacial score (nSPS) is 14.8. The average Bonchev–Trinajstić information content (AvgIpc) is 3.06. The van der Waals surface area contributed by atoms with Gasteiger partial charge in [0.2, 0.25) is 0 Å². The van der Waals surface area contributed by atoms with E-state index in [1.54, 1.807) is 0 Å². The average molecular weight is 393 g/mol. The Hall–Kier alpha value is -2.95. The quantitative estimate of drug-likeness (QED) is 0.550. The summed E-state index contributed by atoms with van der Waals surface area (Å²) in [4.78, 5) is 15.0. The van der Waals surface area contributed by atoms with E-state index < -0.39 is 5.97 Å². The number of rotatable bonds is 7. The van der Waals surface area contributed by atoms with Crippen molar-refractivity contribution in [2.24, 2.45) is 0 Å². The number of H-pyrrole nitrogens is 1. The minimum absolute atomic E-state index is 0.0668. The van der Waals surface area contributed by atoms with E-state index in [0.29, 0.717) is 6.61 Å². The van der Waals surface area contributed by atoms with Crippen LogP contribution in [0.1, 0.15) is 44.6 Å². The molecule has 1 aliphatic carbocycles. The van der Waals surface area contributed by atoms with Crippen LogP contribution in [0.3, 0.4) is 0 Å². The lowest BCUT2D eigenvalue weighted by atomic mass is 9.97. The van der Waals surface area contributed by atoms with E-state index in [4.69, 9.17) is 9.47 Å². The van der Waals surface area contributed by atoms with E-state index in [9.17, 15) is 9.90 Å². The standard InChI is InChI=1S/C24H27NO4/c1-2-28-22-11-7-6-10-18(22)24-20(15-23(26)27)19-14-17(12-13-21(19)25-24)29-16-8-4-3-5-9-16/h6-7,10-14,16,25H,2-5,8-9,15H2,1H3,(H,26,27). The summed E-state index contributed by atoms with van der Waals surface area (Å²) in [6, 6.07) is 13.6. The maximum Gasteiger partial charge on any atom is 0.307 e. The minimum atomic E-state index is -0.861. The lowest BCUT2D eigenvalue weighted by Crippen LogP contribution is -2.19. The van der Waals surface area contributed by atoms with E-state index >= 15 is 0 Å². The van der Waals surface area contributed by atoms with Gasteiger partial charge in [0.1, 0.15) is 11.5 Å². The second kappa shape index (κ2) is 8.60. The van der Waals surface area contributed by atoms with Gasteiger partial charge in [-0.15, -0.1) is 0 Å². The Labute approximate surface area is 170 Å². The Kier molecular flexibility index (Phi) is 5.74. The Morgan fingerprint density at radius 1 is 1.14 bits per heavy atom. The lowest BCUT2D eigenvalue weighted by Gasteiger charge is -2.23.